The maximum atomic E-state index is 10.9. The van der Waals surface area contributed by atoms with E-state index in [1.165, 1.54) is 128 Å². The van der Waals surface area contributed by atoms with E-state index in [4.69, 9.17) is 16.8 Å². The minimum atomic E-state index is -0.259. The topological polar surface area (TPSA) is 49.3 Å². The number of carbonyl (C=O) groups is 1. The van der Waals surface area contributed by atoms with Gasteiger partial charge in [-0.2, -0.15) is 0 Å². The third-order valence-corrected chi connectivity index (χ3v) is 6.18. The van der Waals surface area contributed by atoms with Crippen LogP contribution in [0.25, 0.3) is 0 Å². The molecule has 174 valence electrons. The van der Waals surface area contributed by atoms with Gasteiger partial charge >= 0.3 is 0 Å². The number of hydrogen-bond donors (Lipinski definition) is 2. The van der Waals surface area contributed by atoms with Crippen molar-refractivity contribution in [2.75, 3.05) is 5.88 Å². The molecule has 0 atom stereocenters. The molecule has 0 aliphatic heterocycles. The zero-order valence-electron chi connectivity index (χ0n) is 19.2. The van der Waals surface area contributed by atoms with Gasteiger partial charge in [0.25, 0.3) is 0 Å². The van der Waals surface area contributed by atoms with E-state index in [0.29, 0.717) is 6.42 Å². The van der Waals surface area contributed by atoms with E-state index in [1.54, 1.807) is 5.48 Å². The van der Waals surface area contributed by atoms with Gasteiger partial charge in [-0.1, -0.05) is 128 Å². The summed E-state index contributed by atoms with van der Waals surface area (Å²) < 4.78 is 0. The SMILES string of the molecule is O=C(CCCCCCCCCCCCCCCCCCCCCCCCCl)NO. The van der Waals surface area contributed by atoms with Crippen molar-refractivity contribution in [3.8, 4) is 0 Å². The lowest BCUT2D eigenvalue weighted by atomic mass is 10.0. The Kier molecular flexibility index (Phi) is 25.5. The fraction of sp³-hybridized carbons (Fsp3) is 0.960. The molecule has 0 aliphatic rings. The molecule has 0 spiro atoms. The van der Waals surface area contributed by atoms with Crippen LogP contribution in [0.4, 0.5) is 0 Å². The number of hydroxylamine groups is 1. The number of unbranched alkanes of at least 4 members (excludes halogenated alkanes) is 21. The molecule has 0 unspecified atom stereocenters. The summed E-state index contributed by atoms with van der Waals surface area (Å²) in [5.74, 6) is 0.572. The minimum absolute atomic E-state index is 0.259. The summed E-state index contributed by atoms with van der Waals surface area (Å²) >= 11 is 5.69. The van der Waals surface area contributed by atoms with Gasteiger partial charge in [-0.05, 0) is 12.8 Å². The molecule has 0 aromatic heterocycles. The smallest absolute Gasteiger partial charge is 0.243 e. The number of halogens is 1. The van der Waals surface area contributed by atoms with Gasteiger partial charge in [0.2, 0.25) is 5.91 Å². The number of hydrogen-bond acceptors (Lipinski definition) is 2. The molecule has 0 bridgehead atoms. The molecule has 0 saturated heterocycles. The van der Waals surface area contributed by atoms with Gasteiger partial charge in [0.15, 0.2) is 0 Å². The lowest BCUT2D eigenvalue weighted by Crippen LogP contribution is -2.17. The quantitative estimate of drug-likeness (QED) is 0.0694. The van der Waals surface area contributed by atoms with Crippen LogP contribution in [-0.4, -0.2) is 17.0 Å². The Morgan fingerprint density at radius 3 is 0.966 bits per heavy atom. The Bertz CT molecular complexity index is 326. The second-order valence-corrected chi connectivity index (χ2v) is 9.13. The zero-order valence-corrected chi connectivity index (χ0v) is 20.0. The van der Waals surface area contributed by atoms with E-state index in [9.17, 15) is 4.79 Å². The van der Waals surface area contributed by atoms with E-state index in [1.807, 2.05) is 0 Å². The second-order valence-electron chi connectivity index (χ2n) is 8.75. The monoisotopic (exact) mass is 431 g/mol. The molecule has 4 heteroatoms. The van der Waals surface area contributed by atoms with Gasteiger partial charge in [0, 0.05) is 12.3 Å². The largest absolute Gasteiger partial charge is 0.289 e. The van der Waals surface area contributed by atoms with Crippen molar-refractivity contribution in [1.82, 2.24) is 5.48 Å². The van der Waals surface area contributed by atoms with E-state index >= 15 is 0 Å². The molecule has 0 aliphatic carbocycles. The molecule has 0 fully saturated rings. The summed E-state index contributed by atoms with van der Waals surface area (Å²) in [5.41, 5.74) is 1.69. The van der Waals surface area contributed by atoms with Gasteiger partial charge < -0.3 is 0 Å². The lowest BCUT2D eigenvalue weighted by molar-refractivity contribution is -0.129. The van der Waals surface area contributed by atoms with Crippen molar-refractivity contribution < 1.29 is 10.0 Å². The average Bonchev–Trinajstić information content (AvgIpc) is 2.74. The molecule has 1 amide bonds. The number of rotatable bonds is 24. The molecule has 2 N–H and O–H groups in total. The maximum absolute atomic E-state index is 10.9. The van der Waals surface area contributed by atoms with Crippen molar-refractivity contribution >= 4 is 17.5 Å². The predicted molar refractivity (Wildman–Crippen MR) is 127 cm³/mol. The molecule has 0 heterocycles. The average molecular weight is 432 g/mol. The number of alkyl halides is 1. The molecule has 0 saturated carbocycles. The number of amides is 1. The van der Waals surface area contributed by atoms with Crippen molar-refractivity contribution in [2.24, 2.45) is 0 Å². The third-order valence-electron chi connectivity index (χ3n) is 5.91. The van der Waals surface area contributed by atoms with Crippen LogP contribution in [0.5, 0.6) is 0 Å². The first kappa shape index (κ1) is 28.7. The van der Waals surface area contributed by atoms with Gasteiger partial charge in [-0.3, -0.25) is 10.0 Å². The van der Waals surface area contributed by atoms with Crippen LogP contribution >= 0.6 is 11.6 Å². The van der Waals surface area contributed by atoms with Crippen LogP contribution < -0.4 is 5.48 Å². The Labute approximate surface area is 186 Å². The highest BCUT2D eigenvalue weighted by Gasteiger charge is 1.98. The van der Waals surface area contributed by atoms with Crippen LogP contribution in [0, 0.1) is 0 Å². The fourth-order valence-electron chi connectivity index (χ4n) is 3.97. The van der Waals surface area contributed by atoms with Crippen LogP contribution in [0.15, 0.2) is 0 Å². The van der Waals surface area contributed by atoms with E-state index in [-0.39, 0.29) is 5.91 Å². The first-order valence-electron chi connectivity index (χ1n) is 12.8. The van der Waals surface area contributed by atoms with Crippen LogP contribution in [0.1, 0.15) is 148 Å². The van der Waals surface area contributed by atoms with Crippen LogP contribution in [0.2, 0.25) is 0 Å². The zero-order chi connectivity index (χ0) is 21.3. The van der Waals surface area contributed by atoms with Gasteiger partial charge in [0.05, 0.1) is 0 Å². The van der Waals surface area contributed by atoms with E-state index < -0.39 is 0 Å². The molecular formula is C25H50ClNO2. The predicted octanol–water partition coefficient (Wildman–Crippen LogP) is 8.70. The normalized spacial score (nSPS) is 11.1. The number of carbonyl (C=O) groups excluding carboxylic acids is 1. The van der Waals surface area contributed by atoms with E-state index in [2.05, 4.69) is 0 Å². The summed E-state index contributed by atoms with van der Waals surface area (Å²) in [7, 11) is 0. The molecule has 0 radical (unpaired) electrons. The van der Waals surface area contributed by atoms with Gasteiger partial charge in [-0.15, -0.1) is 11.6 Å². The fourth-order valence-corrected chi connectivity index (χ4v) is 4.16. The Morgan fingerprint density at radius 1 is 0.483 bits per heavy atom. The van der Waals surface area contributed by atoms with Crippen molar-refractivity contribution in [3.63, 3.8) is 0 Å². The molecule has 0 rings (SSSR count). The van der Waals surface area contributed by atoms with Crippen molar-refractivity contribution in [2.45, 2.75) is 148 Å². The summed E-state index contributed by atoms with van der Waals surface area (Å²) in [6, 6.07) is 0. The maximum Gasteiger partial charge on any atom is 0.243 e. The van der Waals surface area contributed by atoms with E-state index in [0.717, 1.165) is 18.7 Å². The molecule has 0 aromatic rings. The van der Waals surface area contributed by atoms with Crippen LogP contribution in [-0.2, 0) is 4.79 Å². The molecule has 0 aromatic carbocycles. The summed E-state index contributed by atoms with van der Waals surface area (Å²) in [5, 5.41) is 8.41. The molecule has 29 heavy (non-hydrogen) atoms. The Hall–Kier alpha value is -0.280. The molecular weight excluding hydrogens is 382 g/mol. The first-order chi connectivity index (χ1) is 14.3. The summed E-state index contributed by atoms with van der Waals surface area (Å²) in [6.45, 7) is 0. The highest BCUT2D eigenvalue weighted by atomic mass is 35.5. The lowest BCUT2D eigenvalue weighted by Gasteiger charge is -2.04. The van der Waals surface area contributed by atoms with Gasteiger partial charge in [0.1, 0.15) is 0 Å². The third kappa shape index (κ3) is 25.7. The Morgan fingerprint density at radius 2 is 0.724 bits per heavy atom. The highest BCUT2D eigenvalue weighted by Crippen LogP contribution is 2.15. The minimum Gasteiger partial charge on any atom is -0.289 e. The summed E-state index contributed by atoms with van der Waals surface area (Å²) in [4.78, 5) is 10.9. The number of nitrogens with one attached hydrogen (secondary N) is 1. The Balaban J connectivity index is 3.01. The van der Waals surface area contributed by atoms with Crippen molar-refractivity contribution in [1.29, 1.82) is 0 Å². The van der Waals surface area contributed by atoms with Gasteiger partial charge in [-0.25, -0.2) is 5.48 Å². The standard InChI is InChI=1S/C25H50ClNO2/c26-24-22-20-18-16-14-12-10-8-6-4-2-1-3-5-7-9-11-13-15-17-19-21-23-25(28)27-29/h29H,1-24H2,(H,27,28). The molecule has 3 nitrogen and oxygen atoms in total. The highest BCUT2D eigenvalue weighted by molar-refractivity contribution is 6.17. The first-order valence-corrected chi connectivity index (χ1v) is 13.3. The summed E-state index contributed by atoms with van der Waals surface area (Å²) in [6.07, 6.45) is 30.1. The van der Waals surface area contributed by atoms with Crippen LogP contribution in [0.3, 0.4) is 0 Å². The second kappa shape index (κ2) is 25.8. The van der Waals surface area contributed by atoms with Crippen molar-refractivity contribution in [3.05, 3.63) is 0 Å².